The molecular weight excluding hydrogens is 344 g/mol. The van der Waals surface area contributed by atoms with Gasteiger partial charge >= 0.3 is 0 Å². The fourth-order valence-corrected chi connectivity index (χ4v) is 3.67. The van der Waals surface area contributed by atoms with E-state index in [9.17, 15) is 4.79 Å². The van der Waals surface area contributed by atoms with Crippen molar-refractivity contribution in [3.63, 3.8) is 0 Å². The van der Waals surface area contributed by atoms with Crippen LogP contribution in [-0.4, -0.2) is 30.7 Å². The third kappa shape index (κ3) is 2.68. The van der Waals surface area contributed by atoms with E-state index in [0.717, 1.165) is 16.3 Å². The van der Waals surface area contributed by atoms with Crippen LogP contribution in [0.1, 0.15) is 21.2 Å². The Labute approximate surface area is 145 Å². The van der Waals surface area contributed by atoms with Gasteiger partial charge in [0.2, 0.25) is 0 Å². The van der Waals surface area contributed by atoms with Crippen molar-refractivity contribution in [1.29, 1.82) is 0 Å². The maximum absolute atomic E-state index is 12.2. The molecule has 0 bridgehead atoms. The Morgan fingerprint density at radius 3 is 2.92 bits per heavy atom. The third-order valence-electron chi connectivity index (χ3n) is 3.46. The fourth-order valence-electron chi connectivity index (χ4n) is 2.26. The highest BCUT2D eigenvalue weighted by atomic mass is 32.1. The summed E-state index contributed by atoms with van der Waals surface area (Å²) >= 11 is 2.94. The molecule has 0 fully saturated rings. The summed E-state index contributed by atoms with van der Waals surface area (Å²) in [4.78, 5) is 18.0. The van der Waals surface area contributed by atoms with Crippen LogP contribution in [-0.2, 0) is 6.54 Å². The number of thiophene rings is 1. The highest BCUT2D eigenvalue weighted by molar-refractivity contribution is 7.13. The molecule has 4 aromatic rings. The summed E-state index contributed by atoms with van der Waals surface area (Å²) in [6.07, 6.45) is 0. The highest BCUT2D eigenvalue weighted by Gasteiger charge is 2.14. The molecule has 24 heavy (non-hydrogen) atoms. The zero-order valence-corrected chi connectivity index (χ0v) is 14.3. The van der Waals surface area contributed by atoms with Crippen LogP contribution in [0.3, 0.4) is 0 Å². The van der Waals surface area contributed by atoms with Crippen molar-refractivity contribution in [2.75, 3.05) is 0 Å². The van der Waals surface area contributed by atoms with Gasteiger partial charge in [0.15, 0.2) is 11.5 Å². The predicted octanol–water partition coefficient (Wildman–Crippen LogP) is 2.55. The first-order valence-corrected chi connectivity index (χ1v) is 8.92. The largest absolute Gasteiger partial charge is 0.344 e. The third-order valence-corrected chi connectivity index (χ3v) is 5.28. The van der Waals surface area contributed by atoms with Crippen LogP contribution in [0.15, 0.2) is 35.2 Å². The van der Waals surface area contributed by atoms with Crippen molar-refractivity contribution < 1.29 is 4.79 Å². The average Bonchev–Trinajstić information content (AvgIpc) is 3.33. The van der Waals surface area contributed by atoms with Crippen LogP contribution in [0.2, 0.25) is 0 Å². The minimum atomic E-state index is -0.166. The van der Waals surface area contributed by atoms with Crippen LogP contribution >= 0.6 is 22.7 Å². The molecule has 4 aromatic heterocycles. The van der Waals surface area contributed by atoms with Gasteiger partial charge in [0.1, 0.15) is 10.6 Å². The van der Waals surface area contributed by atoms with E-state index in [2.05, 4.69) is 25.6 Å². The summed E-state index contributed by atoms with van der Waals surface area (Å²) in [7, 11) is 0. The minimum absolute atomic E-state index is 0.166. The molecule has 0 saturated heterocycles. The molecule has 0 saturated carbocycles. The standard InChI is InChI=1S/C15H12N6OS2/c1-9-14(24-8-17-9)15(22)16-7-13-19-18-12-5-4-10(20-21(12)13)11-3-2-6-23-11/h2-6,8H,7H2,1H3,(H,16,22). The smallest absolute Gasteiger partial charge is 0.263 e. The molecule has 0 aliphatic heterocycles. The van der Waals surface area contributed by atoms with Crippen LogP contribution in [0, 0.1) is 6.92 Å². The monoisotopic (exact) mass is 356 g/mol. The molecule has 0 aliphatic rings. The van der Waals surface area contributed by atoms with Gasteiger partial charge in [0, 0.05) is 0 Å². The first-order chi connectivity index (χ1) is 11.7. The Hall–Kier alpha value is -2.65. The van der Waals surface area contributed by atoms with E-state index in [1.807, 2.05) is 36.6 Å². The summed E-state index contributed by atoms with van der Waals surface area (Å²) in [5, 5.41) is 17.6. The summed E-state index contributed by atoms with van der Waals surface area (Å²) < 4.78 is 1.66. The minimum Gasteiger partial charge on any atom is -0.344 e. The molecule has 0 aliphatic carbocycles. The molecule has 0 spiro atoms. The molecule has 1 N–H and O–H groups in total. The van der Waals surface area contributed by atoms with Gasteiger partial charge in [-0.25, -0.2) is 4.98 Å². The van der Waals surface area contributed by atoms with Gasteiger partial charge in [-0.05, 0) is 30.5 Å². The maximum atomic E-state index is 12.2. The zero-order chi connectivity index (χ0) is 16.5. The molecule has 4 rings (SSSR count). The number of hydrogen-bond acceptors (Lipinski definition) is 7. The Morgan fingerprint density at radius 2 is 2.17 bits per heavy atom. The van der Waals surface area contributed by atoms with E-state index in [1.54, 1.807) is 21.4 Å². The van der Waals surface area contributed by atoms with Crippen molar-refractivity contribution in [3.8, 4) is 10.6 Å². The maximum Gasteiger partial charge on any atom is 0.263 e. The molecule has 7 nitrogen and oxygen atoms in total. The SMILES string of the molecule is Cc1ncsc1C(=O)NCc1nnc2ccc(-c3cccs3)nn12. The van der Waals surface area contributed by atoms with Crippen LogP contribution in [0.5, 0.6) is 0 Å². The molecule has 1 amide bonds. The van der Waals surface area contributed by atoms with Crippen molar-refractivity contribution in [2.45, 2.75) is 13.5 Å². The van der Waals surface area contributed by atoms with Crippen molar-refractivity contribution in [2.24, 2.45) is 0 Å². The second kappa shape index (κ2) is 6.10. The number of fused-ring (bicyclic) bond motifs is 1. The normalized spacial score (nSPS) is 11.0. The summed E-state index contributed by atoms with van der Waals surface area (Å²) in [5.41, 5.74) is 3.88. The van der Waals surface area contributed by atoms with Gasteiger partial charge in [-0.1, -0.05) is 6.07 Å². The predicted molar refractivity (Wildman–Crippen MR) is 92.1 cm³/mol. The lowest BCUT2D eigenvalue weighted by atomic mass is 10.3. The van der Waals surface area contributed by atoms with Crippen LogP contribution in [0.25, 0.3) is 16.2 Å². The molecule has 9 heteroatoms. The van der Waals surface area contributed by atoms with E-state index in [0.29, 0.717) is 16.3 Å². The number of rotatable bonds is 4. The van der Waals surface area contributed by atoms with E-state index < -0.39 is 0 Å². The number of carbonyl (C=O) groups excluding carboxylic acids is 1. The quantitative estimate of drug-likeness (QED) is 0.607. The van der Waals surface area contributed by atoms with Gasteiger partial charge < -0.3 is 5.32 Å². The van der Waals surface area contributed by atoms with Crippen molar-refractivity contribution in [3.05, 3.63) is 51.6 Å². The van der Waals surface area contributed by atoms with Crippen LogP contribution in [0.4, 0.5) is 0 Å². The number of carbonyl (C=O) groups is 1. The molecule has 0 aromatic carbocycles. The molecule has 0 radical (unpaired) electrons. The van der Waals surface area contributed by atoms with Gasteiger partial charge in [-0.2, -0.15) is 9.61 Å². The number of nitrogens with one attached hydrogen (secondary N) is 1. The highest BCUT2D eigenvalue weighted by Crippen LogP contribution is 2.22. The lowest BCUT2D eigenvalue weighted by Gasteiger charge is -2.03. The fraction of sp³-hybridized carbons (Fsp3) is 0.133. The number of aromatic nitrogens is 5. The van der Waals surface area contributed by atoms with Gasteiger partial charge in [0.25, 0.3) is 5.91 Å². The van der Waals surface area contributed by atoms with Gasteiger partial charge in [-0.3, -0.25) is 4.79 Å². The second-order valence-corrected chi connectivity index (χ2v) is 6.83. The lowest BCUT2D eigenvalue weighted by Crippen LogP contribution is -2.24. The number of hydrogen-bond donors (Lipinski definition) is 1. The Morgan fingerprint density at radius 1 is 1.25 bits per heavy atom. The molecular formula is C15H12N6OS2. The molecule has 120 valence electrons. The summed E-state index contributed by atoms with van der Waals surface area (Å²) in [6.45, 7) is 2.06. The van der Waals surface area contributed by atoms with Gasteiger partial charge in [0.05, 0.1) is 22.6 Å². The first-order valence-electron chi connectivity index (χ1n) is 7.16. The van der Waals surface area contributed by atoms with Crippen molar-refractivity contribution >= 4 is 34.2 Å². The van der Waals surface area contributed by atoms with E-state index >= 15 is 0 Å². The topological polar surface area (TPSA) is 85.1 Å². The Kier molecular flexibility index (Phi) is 3.79. The second-order valence-electron chi connectivity index (χ2n) is 5.03. The molecule has 0 atom stereocenters. The Balaban J connectivity index is 1.59. The van der Waals surface area contributed by atoms with E-state index in [-0.39, 0.29) is 12.5 Å². The lowest BCUT2D eigenvalue weighted by molar-refractivity contribution is 0.0953. The Bertz CT molecular complexity index is 1000. The first kappa shape index (κ1) is 14.9. The molecule has 4 heterocycles. The van der Waals surface area contributed by atoms with Crippen LogP contribution < -0.4 is 5.32 Å². The van der Waals surface area contributed by atoms with Crippen molar-refractivity contribution in [1.82, 2.24) is 30.1 Å². The number of aryl methyl sites for hydroxylation is 1. The number of nitrogens with zero attached hydrogens (tertiary/aromatic N) is 5. The summed E-state index contributed by atoms with van der Waals surface area (Å²) in [6, 6.07) is 7.78. The summed E-state index contributed by atoms with van der Waals surface area (Å²) in [5.74, 6) is 0.417. The average molecular weight is 356 g/mol. The molecule has 0 unspecified atom stereocenters. The van der Waals surface area contributed by atoms with Gasteiger partial charge in [-0.15, -0.1) is 32.9 Å². The van der Waals surface area contributed by atoms with E-state index in [1.165, 1.54) is 11.3 Å². The van der Waals surface area contributed by atoms with E-state index in [4.69, 9.17) is 0 Å². The number of thiazole rings is 1. The zero-order valence-electron chi connectivity index (χ0n) is 12.6. The number of amides is 1.